The maximum Gasteiger partial charge on any atom is 0.404 e. The van der Waals surface area contributed by atoms with Crippen LogP contribution in [0.2, 0.25) is 0 Å². The molecule has 1 unspecified atom stereocenters. The monoisotopic (exact) mass is 397 g/mol. The number of pyridine rings is 1. The van der Waals surface area contributed by atoms with Gasteiger partial charge in [-0.3, -0.25) is 4.98 Å². The van der Waals surface area contributed by atoms with Crippen molar-refractivity contribution in [1.82, 2.24) is 25.8 Å². The molecular weight excluding hydrogens is 374 g/mol. The van der Waals surface area contributed by atoms with Gasteiger partial charge >= 0.3 is 6.09 Å². The topological polar surface area (TPSA) is 100 Å². The molecule has 0 bridgehead atoms. The minimum Gasteiger partial charge on any atom is -0.465 e. The summed E-state index contributed by atoms with van der Waals surface area (Å²) in [6.45, 7) is 1.14. The van der Waals surface area contributed by atoms with Crippen molar-refractivity contribution >= 4 is 17.4 Å². The zero-order chi connectivity index (χ0) is 19.6. The van der Waals surface area contributed by atoms with Gasteiger partial charge in [0.15, 0.2) is 0 Å². The summed E-state index contributed by atoms with van der Waals surface area (Å²) in [5.74, 6) is 0. The first-order chi connectivity index (χ1) is 13.7. The second-order valence-corrected chi connectivity index (χ2v) is 7.34. The van der Waals surface area contributed by atoms with Crippen molar-refractivity contribution in [3.8, 4) is 10.6 Å². The van der Waals surface area contributed by atoms with Crippen molar-refractivity contribution < 1.29 is 9.90 Å². The van der Waals surface area contributed by atoms with E-state index in [1.165, 1.54) is 0 Å². The molecule has 0 aliphatic rings. The van der Waals surface area contributed by atoms with Gasteiger partial charge in [-0.1, -0.05) is 47.7 Å². The van der Waals surface area contributed by atoms with Crippen LogP contribution in [0, 0.1) is 0 Å². The lowest BCUT2D eigenvalue weighted by Crippen LogP contribution is -2.23. The minimum absolute atomic E-state index is 0.0556. The lowest BCUT2D eigenvalue weighted by Gasteiger charge is -2.16. The van der Waals surface area contributed by atoms with Crippen LogP contribution >= 0.6 is 11.3 Å². The van der Waals surface area contributed by atoms with Crippen LogP contribution in [0.3, 0.4) is 0 Å². The van der Waals surface area contributed by atoms with Crippen LogP contribution in [-0.4, -0.2) is 32.9 Å². The van der Waals surface area contributed by atoms with E-state index in [1.54, 1.807) is 17.5 Å². The highest BCUT2D eigenvalue weighted by atomic mass is 32.1. The van der Waals surface area contributed by atoms with E-state index in [-0.39, 0.29) is 6.04 Å². The van der Waals surface area contributed by atoms with E-state index in [4.69, 9.17) is 5.11 Å². The maximum absolute atomic E-state index is 10.6. The fraction of sp³-hybridized carbons (Fsp3) is 0.300. The summed E-state index contributed by atoms with van der Waals surface area (Å²) in [4.78, 5) is 14.7. The Balaban J connectivity index is 1.64. The lowest BCUT2D eigenvalue weighted by atomic mass is 10.1. The molecule has 7 nitrogen and oxygen atoms in total. The van der Waals surface area contributed by atoms with Gasteiger partial charge in [0.1, 0.15) is 10.0 Å². The third-order valence-corrected chi connectivity index (χ3v) is 5.32. The van der Waals surface area contributed by atoms with Crippen molar-refractivity contribution in [1.29, 1.82) is 0 Å². The summed E-state index contributed by atoms with van der Waals surface area (Å²) in [7, 11) is 0. The molecule has 0 saturated carbocycles. The highest BCUT2D eigenvalue weighted by Crippen LogP contribution is 2.29. The zero-order valence-electron chi connectivity index (χ0n) is 15.4. The van der Waals surface area contributed by atoms with Gasteiger partial charge in [-0.2, -0.15) is 0 Å². The van der Waals surface area contributed by atoms with Gasteiger partial charge in [-0.15, -0.1) is 10.2 Å². The molecule has 2 heterocycles. The Morgan fingerprint density at radius 3 is 2.71 bits per heavy atom. The van der Waals surface area contributed by atoms with Gasteiger partial charge < -0.3 is 15.7 Å². The smallest absolute Gasteiger partial charge is 0.404 e. The van der Waals surface area contributed by atoms with E-state index in [9.17, 15) is 4.79 Å². The molecule has 0 radical (unpaired) electrons. The van der Waals surface area contributed by atoms with Crippen LogP contribution in [0.1, 0.15) is 35.9 Å². The van der Waals surface area contributed by atoms with Crippen molar-refractivity contribution in [3.63, 3.8) is 0 Å². The number of hydrogen-bond donors (Lipinski definition) is 3. The molecule has 3 aromatic rings. The van der Waals surface area contributed by atoms with Gasteiger partial charge in [-0.25, -0.2) is 4.79 Å². The number of hydrogen-bond acceptors (Lipinski definition) is 6. The first kappa shape index (κ1) is 19.9. The molecule has 146 valence electrons. The first-order valence-electron chi connectivity index (χ1n) is 9.20. The average molecular weight is 398 g/mol. The van der Waals surface area contributed by atoms with Crippen molar-refractivity contribution in [2.24, 2.45) is 0 Å². The number of rotatable bonds is 10. The highest BCUT2D eigenvalue weighted by Gasteiger charge is 2.17. The van der Waals surface area contributed by atoms with Crippen LogP contribution in [-0.2, 0) is 6.54 Å². The molecule has 8 heteroatoms. The Morgan fingerprint density at radius 2 is 1.96 bits per heavy atom. The van der Waals surface area contributed by atoms with Crippen molar-refractivity contribution in [2.45, 2.75) is 31.8 Å². The summed E-state index contributed by atoms with van der Waals surface area (Å²) < 4.78 is 0. The quantitative estimate of drug-likeness (QED) is 0.449. The standard InChI is InChI=1S/C20H23N5O2S/c26-20(27)22-12-5-4-10-17(23-14-15-7-6-11-21-13-15)19-25-24-18(28-19)16-8-2-1-3-9-16/h1-3,6-9,11,13,17,22-23H,4-5,10,12,14H2,(H,26,27). The molecule has 28 heavy (non-hydrogen) atoms. The molecule has 0 fully saturated rings. The normalized spacial score (nSPS) is 11.9. The van der Waals surface area contributed by atoms with Crippen LogP contribution in [0.4, 0.5) is 4.79 Å². The maximum atomic E-state index is 10.6. The molecular formula is C20H23N5O2S. The fourth-order valence-electron chi connectivity index (χ4n) is 2.80. The van der Waals surface area contributed by atoms with E-state index in [2.05, 4.69) is 25.8 Å². The SMILES string of the molecule is O=C(O)NCCCCC(NCc1cccnc1)c1nnc(-c2ccccc2)s1. The number of carboxylic acid groups (broad SMARTS) is 1. The minimum atomic E-state index is -0.983. The Hall–Kier alpha value is -2.84. The van der Waals surface area contributed by atoms with E-state index >= 15 is 0 Å². The predicted molar refractivity (Wildman–Crippen MR) is 109 cm³/mol. The molecule has 1 atom stereocenters. The van der Waals surface area contributed by atoms with Crippen LogP contribution in [0.25, 0.3) is 10.6 Å². The Bertz CT molecular complexity index is 857. The number of benzene rings is 1. The zero-order valence-corrected chi connectivity index (χ0v) is 16.2. The summed E-state index contributed by atoms with van der Waals surface area (Å²) in [5, 5.41) is 25.2. The van der Waals surface area contributed by atoms with Gasteiger partial charge in [0.05, 0.1) is 6.04 Å². The van der Waals surface area contributed by atoms with Crippen LogP contribution < -0.4 is 10.6 Å². The lowest BCUT2D eigenvalue weighted by molar-refractivity contribution is 0.194. The third kappa shape index (κ3) is 6.11. The summed E-state index contributed by atoms with van der Waals surface area (Å²) in [6, 6.07) is 14.0. The summed E-state index contributed by atoms with van der Waals surface area (Å²) in [6.07, 6.45) is 5.13. The number of nitrogens with zero attached hydrogens (tertiary/aromatic N) is 3. The van der Waals surface area contributed by atoms with E-state index in [0.717, 1.165) is 40.4 Å². The molecule has 1 aromatic carbocycles. The van der Waals surface area contributed by atoms with Crippen molar-refractivity contribution in [3.05, 3.63) is 65.4 Å². The molecule has 0 spiro atoms. The van der Waals surface area contributed by atoms with Gasteiger partial charge in [0.25, 0.3) is 0 Å². The molecule has 1 amide bonds. The first-order valence-corrected chi connectivity index (χ1v) is 10.0. The van der Waals surface area contributed by atoms with E-state index in [1.807, 2.05) is 48.7 Å². The number of nitrogens with one attached hydrogen (secondary N) is 2. The molecule has 3 rings (SSSR count). The largest absolute Gasteiger partial charge is 0.465 e. The van der Waals surface area contributed by atoms with Gasteiger partial charge in [0, 0.05) is 31.0 Å². The Morgan fingerprint density at radius 1 is 1.11 bits per heavy atom. The third-order valence-electron chi connectivity index (χ3n) is 4.23. The van der Waals surface area contributed by atoms with Crippen LogP contribution in [0.5, 0.6) is 0 Å². The average Bonchev–Trinajstić information content (AvgIpc) is 3.21. The molecule has 0 saturated heterocycles. The number of amides is 1. The highest BCUT2D eigenvalue weighted by molar-refractivity contribution is 7.14. The molecule has 0 aliphatic carbocycles. The summed E-state index contributed by atoms with van der Waals surface area (Å²) in [5.41, 5.74) is 2.16. The number of carbonyl (C=O) groups is 1. The fourth-order valence-corrected chi connectivity index (χ4v) is 3.76. The molecule has 2 aromatic heterocycles. The molecule has 3 N–H and O–H groups in total. The van der Waals surface area contributed by atoms with Gasteiger partial charge in [-0.05, 0) is 30.9 Å². The second-order valence-electron chi connectivity index (χ2n) is 6.33. The Labute approximate surface area is 167 Å². The van der Waals surface area contributed by atoms with Crippen LogP contribution in [0.15, 0.2) is 54.9 Å². The van der Waals surface area contributed by atoms with Crippen molar-refractivity contribution in [2.75, 3.05) is 6.54 Å². The van der Waals surface area contributed by atoms with E-state index < -0.39 is 6.09 Å². The van der Waals surface area contributed by atoms with E-state index in [0.29, 0.717) is 13.1 Å². The Kier molecular flexibility index (Phi) is 7.45. The second kappa shape index (κ2) is 10.5. The summed E-state index contributed by atoms with van der Waals surface area (Å²) >= 11 is 1.59. The predicted octanol–water partition coefficient (Wildman–Crippen LogP) is 3.87. The number of aromatic nitrogens is 3. The number of unbranched alkanes of at least 4 members (excludes halogenated alkanes) is 1. The van der Waals surface area contributed by atoms with Gasteiger partial charge in [0.2, 0.25) is 0 Å². The molecule has 0 aliphatic heterocycles.